The number of nitro benzene ring substituents is 1. The summed E-state index contributed by atoms with van der Waals surface area (Å²) < 4.78 is 30.6. The van der Waals surface area contributed by atoms with Crippen molar-refractivity contribution in [2.24, 2.45) is 10.1 Å². The van der Waals surface area contributed by atoms with Crippen molar-refractivity contribution in [2.45, 2.75) is 10.1 Å². The molecule has 3 aromatic rings. The summed E-state index contributed by atoms with van der Waals surface area (Å²) in [5.74, 6) is 0.00309. The van der Waals surface area contributed by atoms with E-state index in [1.54, 1.807) is 6.07 Å². The second-order valence-electron chi connectivity index (χ2n) is 5.57. The molecule has 31 heavy (non-hydrogen) atoms. The van der Waals surface area contributed by atoms with Gasteiger partial charge in [-0.25, -0.2) is 23.4 Å². The maximum Gasteiger partial charge on any atom is 0.311 e. The largest absolute Gasteiger partial charge is 0.435 e. The van der Waals surface area contributed by atoms with Crippen molar-refractivity contribution in [3.63, 3.8) is 0 Å². The highest BCUT2D eigenvalue weighted by Crippen LogP contribution is 2.25. The molecule has 13 heteroatoms. The summed E-state index contributed by atoms with van der Waals surface area (Å²) in [6.07, 6.45) is 4.55. The van der Waals surface area contributed by atoms with Gasteiger partial charge in [-0.3, -0.25) is 10.1 Å². The van der Waals surface area contributed by atoms with Gasteiger partial charge in [-0.15, -0.1) is 0 Å². The van der Waals surface area contributed by atoms with Crippen molar-refractivity contribution in [3.8, 4) is 5.75 Å². The smallest absolute Gasteiger partial charge is 0.311 e. The molecule has 11 nitrogen and oxygen atoms in total. The lowest BCUT2D eigenvalue weighted by atomic mass is 10.3. The molecule has 0 fully saturated rings. The van der Waals surface area contributed by atoms with E-state index in [9.17, 15) is 18.5 Å². The van der Waals surface area contributed by atoms with E-state index in [1.807, 2.05) is 0 Å². The van der Waals surface area contributed by atoms with Crippen molar-refractivity contribution in [1.29, 1.82) is 0 Å². The van der Waals surface area contributed by atoms with Crippen LogP contribution in [0.2, 0.25) is 0 Å². The predicted octanol–water partition coefficient (Wildman–Crippen LogP) is 3.68. The summed E-state index contributed by atoms with van der Waals surface area (Å²) in [6.45, 7) is 0. The van der Waals surface area contributed by atoms with E-state index in [0.717, 1.165) is 12.8 Å². The molecule has 0 aliphatic heterocycles. The highest BCUT2D eigenvalue weighted by Gasteiger charge is 2.20. The molecule has 0 atom stereocenters. The van der Waals surface area contributed by atoms with Crippen LogP contribution in [0, 0.1) is 10.1 Å². The van der Waals surface area contributed by atoms with Crippen LogP contribution >= 0.6 is 15.9 Å². The Morgan fingerprint density at radius 3 is 2.39 bits per heavy atom. The van der Waals surface area contributed by atoms with E-state index >= 15 is 0 Å². The number of nitrogens with zero attached hydrogens (tertiary/aromatic N) is 5. The van der Waals surface area contributed by atoms with Gasteiger partial charge in [0, 0.05) is 18.5 Å². The minimum atomic E-state index is -3.86. The molecule has 0 bridgehead atoms. The van der Waals surface area contributed by atoms with Crippen LogP contribution in [-0.4, -0.2) is 36.1 Å². The minimum absolute atomic E-state index is 0.00309. The molecule has 0 aliphatic carbocycles. The average Bonchev–Trinajstić information content (AvgIpc) is 2.77. The number of rotatable bonds is 8. The summed E-state index contributed by atoms with van der Waals surface area (Å²) in [4.78, 5) is 26.6. The SMILES string of the molecule is O=[N+]([O-])c1ccccc1O/C=N/OC=Nc1ccc(S(=O)(=O)c2ncc(Br)cn2)cc1. The monoisotopic (exact) mass is 505 g/mol. The first-order valence-electron chi connectivity index (χ1n) is 8.31. The molecular weight excluding hydrogens is 494 g/mol. The molecule has 1 aromatic heterocycles. The van der Waals surface area contributed by atoms with Gasteiger partial charge in [0.15, 0.2) is 0 Å². The molecule has 0 amide bonds. The Labute approximate surface area is 184 Å². The molecule has 0 saturated carbocycles. The summed E-state index contributed by atoms with van der Waals surface area (Å²) in [7, 11) is -3.86. The topological polar surface area (TPSA) is 146 Å². The number of aromatic nitrogens is 2. The van der Waals surface area contributed by atoms with Gasteiger partial charge in [-0.2, -0.15) is 0 Å². The molecule has 0 N–H and O–H groups in total. The van der Waals surface area contributed by atoms with Gasteiger partial charge < -0.3 is 9.57 Å². The Morgan fingerprint density at radius 2 is 1.71 bits per heavy atom. The molecule has 0 unspecified atom stereocenters. The number of hydrogen-bond acceptors (Lipinski definition) is 10. The summed E-state index contributed by atoms with van der Waals surface area (Å²) in [5.41, 5.74) is 0.177. The van der Waals surface area contributed by atoms with E-state index in [4.69, 9.17) is 9.57 Å². The lowest BCUT2D eigenvalue weighted by Crippen LogP contribution is -2.06. The molecule has 1 heterocycles. The fourth-order valence-corrected chi connectivity index (χ4v) is 3.47. The lowest BCUT2D eigenvalue weighted by molar-refractivity contribution is -0.385. The van der Waals surface area contributed by atoms with Gasteiger partial charge in [0.05, 0.1) is 20.0 Å². The first-order chi connectivity index (χ1) is 14.9. The number of aliphatic imine (C=N–C) groups is 1. The molecule has 0 saturated heterocycles. The van der Waals surface area contributed by atoms with Crippen LogP contribution < -0.4 is 4.74 Å². The van der Waals surface area contributed by atoms with E-state index < -0.39 is 14.8 Å². The third-order valence-corrected chi connectivity index (χ3v) is 5.57. The lowest BCUT2D eigenvalue weighted by Gasteiger charge is -2.03. The zero-order valence-corrected chi connectivity index (χ0v) is 17.8. The van der Waals surface area contributed by atoms with E-state index in [-0.39, 0.29) is 21.5 Å². The van der Waals surface area contributed by atoms with Crippen LogP contribution in [0.4, 0.5) is 11.4 Å². The van der Waals surface area contributed by atoms with Crippen LogP contribution in [0.5, 0.6) is 5.75 Å². The van der Waals surface area contributed by atoms with Crippen LogP contribution in [0.1, 0.15) is 0 Å². The minimum Gasteiger partial charge on any atom is -0.435 e. The summed E-state index contributed by atoms with van der Waals surface area (Å²) in [6, 6.07) is 11.4. The van der Waals surface area contributed by atoms with Crippen molar-refractivity contribution in [3.05, 3.63) is 75.5 Å². The number of halogens is 1. The fourth-order valence-electron chi connectivity index (χ4n) is 2.18. The first kappa shape index (κ1) is 22.0. The number of ether oxygens (including phenoxy) is 1. The molecule has 0 spiro atoms. The number of oxime groups is 1. The summed E-state index contributed by atoms with van der Waals surface area (Å²) in [5, 5.41) is 14.0. The van der Waals surface area contributed by atoms with Crippen molar-refractivity contribution >= 4 is 49.9 Å². The van der Waals surface area contributed by atoms with Gasteiger partial charge in [0.1, 0.15) is 0 Å². The normalized spacial score (nSPS) is 11.6. The Morgan fingerprint density at radius 1 is 1.03 bits per heavy atom. The molecule has 0 radical (unpaired) electrons. The quantitative estimate of drug-likeness (QED) is 0.148. The first-order valence-corrected chi connectivity index (χ1v) is 10.6. The Hall–Kier alpha value is -3.71. The Kier molecular flexibility index (Phi) is 6.99. The number of para-hydroxylation sites is 2. The van der Waals surface area contributed by atoms with Gasteiger partial charge in [-0.1, -0.05) is 12.1 Å². The van der Waals surface area contributed by atoms with Gasteiger partial charge >= 0.3 is 5.69 Å². The van der Waals surface area contributed by atoms with E-state index in [2.05, 4.69) is 36.0 Å². The molecule has 158 valence electrons. The van der Waals surface area contributed by atoms with Crippen molar-refractivity contribution in [1.82, 2.24) is 9.97 Å². The van der Waals surface area contributed by atoms with Gasteiger partial charge in [0.25, 0.3) is 5.16 Å². The van der Waals surface area contributed by atoms with Gasteiger partial charge in [0.2, 0.25) is 28.4 Å². The third-order valence-electron chi connectivity index (χ3n) is 3.58. The predicted molar refractivity (Wildman–Crippen MR) is 113 cm³/mol. The number of benzene rings is 2. The van der Waals surface area contributed by atoms with Crippen LogP contribution in [0.3, 0.4) is 0 Å². The molecule has 0 aliphatic rings. The van der Waals surface area contributed by atoms with Crippen molar-refractivity contribution < 1.29 is 22.9 Å². The standard InChI is InChI=1S/C18H12BrN5O6S/c19-13-9-20-18(21-10-13)31(27,28)15-7-5-14(6-8-15)22-11-30-23-12-29-17-4-2-1-3-16(17)24(25)26/h1-12H/b22-11?,23-12+. The maximum atomic E-state index is 12.5. The number of nitro groups is 1. The Bertz CT molecular complexity index is 1230. The van der Waals surface area contributed by atoms with Crippen LogP contribution in [0.25, 0.3) is 0 Å². The molecule has 2 aromatic carbocycles. The highest BCUT2D eigenvalue weighted by atomic mass is 79.9. The zero-order valence-electron chi connectivity index (χ0n) is 15.4. The molecular formula is C18H12BrN5O6S. The highest BCUT2D eigenvalue weighted by molar-refractivity contribution is 9.10. The molecule has 3 rings (SSSR count). The fraction of sp³-hybridized carbons (Fsp3) is 0. The maximum absolute atomic E-state index is 12.5. The number of sulfone groups is 1. The average molecular weight is 506 g/mol. The van der Waals surface area contributed by atoms with Crippen LogP contribution in [0.15, 0.2) is 85.6 Å². The van der Waals surface area contributed by atoms with Gasteiger partial charge in [-0.05, 0) is 51.4 Å². The van der Waals surface area contributed by atoms with E-state index in [0.29, 0.717) is 10.2 Å². The van der Waals surface area contributed by atoms with E-state index in [1.165, 1.54) is 54.9 Å². The third kappa shape index (κ3) is 5.67. The second kappa shape index (κ2) is 9.86. The Balaban J connectivity index is 1.58. The zero-order chi connectivity index (χ0) is 22.3. The summed E-state index contributed by atoms with van der Waals surface area (Å²) >= 11 is 3.15. The van der Waals surface area contributed by atoms with Crippen molar-refractivity contribution in [2.75, 3.05) is 0 Å². The number of hydrogen-bond donors (Lipinski definition) is 0. The van der Waals surface area contributed by atoms with Crippen LogP contribution in [-0.2, 0) is 14.7 Å². The second-order valence-corrected chi connectivity index (χ2v) is 8.33.